The zero-order valence-electron chi connectivity index (χ0n) is 8.89. The van der Waals surface area contributed by atoms with Gasteiger partial charge in [-0.25, -0.2) is 0 Å². The van der Waals surface area contributed by atoms with Crippen LogP contribution in [0.5, 0.6) is 0 Å². The lowest BCUT2D eigenvalue weighted by molar-refractivity contribution is 0.371. The van der Waals surface area contributed by atoms with E-state index in [0.717, 1.165) is 11.1 Å². The minimum Gasteiger partial charge on any atom is -0.131 e. The monoisotopic (exact) mass is 274 g/mol. The first-order chi connectivity index (χ1) is 8.01. The topological polar surface area (TPSA) is 83.8 Å². The molecular formula is C10H12O5P2+2. The van der Waals surface area contributed by atoms with Crippen molar-refractivity contribution in [2.75, 3.05) is 0 Å². The van der Waals surface area contributed by atoms with Crippen molar-refractivity contribution in [2.24, 2.45) is 0 Å². The van der Waals surface area contributed by atoms with Crippen LogP contribution in [-0.4, -0.2) is 9.79 Å². The van der Waals surface area contributed by atoms with Gasteiger partial charge in [0.25, 0.3) is 0 Å². The van der Waals surface area contributed by atoms with Gasteiger partial charge in [0.15, 0.2) is 4.31 Å². The molecule has 0 amide bonds. The molecular weight excluding hydrogens is 262 g/mol. The molecule has 2 unspecified atom stereocenters. The van der Waals surface area contributed by atoms with E-state index in [9.17, 15) is 9.13 Å². The molecule has 0 radical (unpaired) electrons. The summed E-state index contributed by atoms with van der Waals surface area (Å²) in [5.41, 5.74) is 2.27. The van der Waals surface area contributed by atoms with E-state index in [4.69, 9.17) is 9.79 Å². The summed E-state index contributed by atoms with van der Waals surface area (Å²) in [7, 11) is -5.85. The van der Waals surface area contributed by atoms with Crippen LogP contribution in [-0.2, 0) is 13.4 Å². The van der Waals surface area contributed by atoms with Crippen molar-refractivity contribution in [2.45, 2.75) is 0 Å². The van der Waals surface area contributed by atoms with Crippen LogP contribution in [0, 0.1) is 0 Å². The molecule has 1 aromatic carbocycles. The fraction of sp³-hybridized carbons (Fsp3) is 0. The highest BCUT2D eigenvalue weighted by Crippen LogP contribution is 2.30. The highest BCUT2D eigenvalue weighted by atomic mass is 31.2. The zero-order valence-corrected chi connectivity index (χ0v) is 10.7. The standard InChI is InChI=1S/C10H10.O5P2/c1-3-9-7-5-6-8-10(9)4-2;1-6(2)5-7(3)4/h3-8H,1-2H2;/p+2. The molecule has 0 spiro atoms. The quantitative estimate of drug-likeness (QED) is 0.823. The molecule has 0 fully saturated rings. The van der Waals surface area contributed by atoms with Gasteiger partial charge in [-0.1, -0.05) is 49.6 Å². The Hall–Kier alpha value is -1.22. The van der Waals surface area contributed by atoms with E-state index in [1.807, 2.05) is 36.4 Å². The summed E-state index contributed by atoms with van der Waals surface area (Å²) in [6.07, 6.45) is 3.66. The predicted molar refractivity (Wildman–Crippen MR) is 67.4 cm³/mol. The van der Waals surface area contributed by atoms with Crippen LogP contribution in [0.2, 0.25) is 0 Å². The molecule has 0 aliphatic rings. The van der Waals surface area contributed by atoms with Gasteiger partial charge in [0.05, 0.1) is 0 Å². The van der Waals surface area contributed by atoms with E-state index in [0.29, 0.717) is 0 Å². The average molecular weight is 274 g/mol. The highest BCUT2D eigenvalue weighted by molar-refractivity contribution is 7.46. The van der Waals surface area contributed by atoms with E-state index in [1.165, 1.54) is 0 Å². The molecule has 1 aromatic rings. The SMILES string of the molecule is C=Cc1ccccc1C=C.O=[P+](O)O[P+](=O)O. The van der Waals surface area contributed by atoms with Gasteiger partial charge in [0.1, 0.15) is 0 Å². The molecule has 2 N–H and O–H groups in total. The largest absolute Gasteiger partial charge is 0.745 e. The third-order valence-corrected chi connectivity index (χ3v) is 2.69. The van der Waals surface area contributed by atoms with Crippen LogP contribution in [0.25, 0.3) is 12.2 Å². The summed E-state index contributed by atoms with van der Waals surface area (Å²) < 4.78 is 22.2. The smallest absolute Gasteiger partial charge is 0.131 e. The molecule has 2 atom stereocenters. The molecule has 0 aliphatic heterocycles. The summed E-state index contributed by atoms with van der Waals surface area (Å²) in [5.74, 6) is 0. The molecule has 90 valence electrons. The van der Waals surface area contributed by atoms with Crippen molar-refractivity contribution in [3.05, 3.63) is 48.6 Å². The second kappa shape index (κ2) is 8.88. The molecule has 0 aromatic heterocycles. The highest BCUT2D eigenvalue weighted by Gasteiger charge is 2.31. The summed E-state index contributed by atoms with van der Waals surface area (Å²) in [6, 6.07) is 8.02. The molecule has 0 saturated heterocycles. The van der Waals surface area contributed by atoms with Crippen LogP contribution >= 0.6 is 16.5 Å². The van der Waals surface area contributed by atoms with Crippen molar-refractivity contribution in [3.63, 3.8) is 0 Å². The van der Waals surface area contributed by atoms with E-state index < -0.39 is 16.5 Å². The lowest BCUT2D eigenvalue weighted by Crippen LogP contribution is -1.76. The Labute approximate surface area is 101 Å². The minimum absolute atomic E-state index is 1.14. The third kappa shape index (κ3) is 7.64. The van der Waals surface area contributed by atoms with Gasteiger partial charge in [-0.3, -0.25) is 0 Å². The molecule has 1 rings (SSSR count). The predicted octanol–water partition coefficient (Wildman–Crippen LogP) is 3.28. The Morgan fingerprint density at radius 3 is 1.53 bits per heavy atom. The number of rotatable bonds is 4. The van der Waals surface area contributed by atoms with E-state index in [2.05, 4.69) is 17.5 Å². The lowest BCUT2D eigenvalue weighted by atomic mass is 10.1. The minimum atomic E-state index is -2.92. The van der Waals surface area contributed by atoms with Crippen molar-refractivity contribution in [3.8, 4) is 0 Å². The Morgan fingerprint density at radius 2 is 1.35 bits per heavy atom. The van der Waals surface area contributed by atoms with Crippen molar-refractivity contribution in [1.29, 1.82) is 0 Å². The van der Waals surface area contributed by atoms with E-state index in [-0.39, 0.29) is 0 Å². The molecule has 17 heavy (non-hydrogen) atoms. The van der Waals surface area contributed by atoms with Gasteiger partial charge in [0, 0.05) is 9.13 Å². The maximum atomic E-state index is 9.39. The summed E-state index contributed by atoms with van der Waals surface area (Å²) in [4.78, 5) is 15.3. The number of hydrogen-bond acceptors (Lipinski definition) is 3. The normalized spacial score (nSPS) is 10.7. The Bertz CT molecular complexity index is 391. The van der Waals surface area contributed by atoms with Crippen molar-refractivity contribution < 1.29 is 23.2 Å². The second-order valence-corrected chi connectivity index (χ2v) is 4.20. The van der Waals surface area contributed by atoms with Gasteiger partial charge in [0.2, 0.25) is 0 Å². The van der Waals surface area contributed by atoms with Crippen molar-refractivity contribution in [1.82, 2.24) is 0 Å². The Kier molecular flexibility index (Phi) is 8.24. The fourth-order valence-corrected chi connectivity index (χ4v) is 1.42. The van der Waals surface area contributed by atoms with Gasteiger partial charge in [-0.05, 0) is 11.1 Å². The molecule has 0 heterocycles. The maximum absolute atomic E-state index is 9.39. The molecule has 7 heteroatoms. The van der Waals surface area contributed by atoms with E-state index in [1.54, 1.807) is 0 Å². The van der Waals surface area contributed by atoms with Gasteiger partial charge < -0.3 is 0 Å². The van der Waals surface area contributed by atoms with Crippen LogP contribution < -0.4 is 0 Å². The molecule has 5 nitrogen and oxygen atoms in total. The first-order valence-corrected chi connectivity index (χ1v) is 6.61. The summed E-state index contributed by atoms with van der Waals surface area (Å²) in [6.45, 7) is 7.38. The maximum Gasteiger partial charge on any atom is 0.745 e. The van der Waals surface area contributed by atoms with Crippen LogP contribution in [0.15, 0.2) is 37.4 Å². The summed E-state index contributed by atoms with van der Waals surface area (Å²) >= 11 is 0. The van der Waals surface area contributed by atoms with Gasteiger partial charge in [-0.15, -0.1) is 9.79 Å². The molecule has 0 aliphatic carbocycles. The lowest BCUT2D eigenvalue weighted by Gasteiger charge is -1.96. The molecule has 0 bridgehead atoms. The third-order valence-electron chi connectivity index (χ3n) is 1.58. The molecule has 0 saturated carbocycles. The number of hydrogen-bond donors (Lipinski definition) is 2. The van der Waals surface area contributed by atoms with Crippen molar-refractivity contribution >= 4 is 28.7 Å². The van der Waals surface area contributed by atoms with Gasteiger partial charge in [-0.2, -0.15) is 0 Å². The van der Waals surface area contributed by atoms with Crippen LogP contribution in [0.4, 0.5) is 0 Å². The van der Waals surface area contributed by atoms with Crippen LogP contribution in [0.1, 0.15) is 11.1 Å². The first-order valence-electron chi connectivity index (χ1n) is 4.35. The first kappa shape index (κ1) is 15.8. The van der Waals surface area contributed by atoms with Gasteiger partial charge >= 0.3 is 16.5 Å². The fourth-order valence-electron chi connectivity index (χ4n) is 0.942. The van der Waals surface area contributed by atoms with Crippen LogP contribution in [0.3, 0.4) is 0 Å². The average Bonchev–Trinajstić information content (AvgIpc) is 2.28. The summed E-state index contributed by atoms with van der Waals surface area (Å²) in [5, 5.41) is 0. The second-order valence-electron chi connectivity index (χ2n) is 2.59. The zero-order chi connectivity index (χ0) is 13.3. The number of benzene rings is 1. The Morgan fingerprint density at radius 1 is 1.00 bits per heavy atom. The Balaban J connectivity index is 0.000000325. The van der Waals surface area contributed by atoms with E-state index >= 15 is 0 Å².